The van der Waals surface area contributed by atoms with E-state index in [9.17, 15) is 9.18 Å². The molecular formula is C20H24FN3OS2. The van der Waals surface area contributed by atoms with Crippen LogP contribution in [0.4, 0.5) is 10.1 Å². The van der Waals surface area contributed by atoms with Gasteiger partial charge in [0.15, 0.2) is 5.11 Å². The Morgan fingerprint density at radius 1 is 1.11 bits per heavy atom. The van der Waals surface area contributed by atoms with Gasteiger partial charge in [0.25, 0.3) is 5.91 Å². The summed E-state index contributed by atoms with van der Waals surface area (Å²) in [5.74, 6) is 1.64. The molecule has 0 aromatic heterocycles. The van der Waals surface area contributed by atoms with E-state index >= 15 is 0 Å². The van der Waals surface area contributed by atoms with Crippen molar-refractivity contribution in [1.29, 1.82) is 0 Å². The maximum atomic E-state index is 12.8. The Hall–Kier alpha value is -2.12. The molecule has 0 saturated carbocycles. The van der Waals surface area contributed by atoms with Crippen LogP contribution in [0.15, 0.2) is 48.5 Å². The average molecular weight is 406 g/mol. The summed E-state index contributed by atoms with van der Waals surface area (Å²) in [6, 6.07) is 13.8. The highest BCUT2D eigenvalue weighted by atomic mass is 32.2. The topological polar surface area (TPSA) is 44.4 Å². The first kappa shape index (κ1) is 21.2. The lowest BCUT2D eigenvalue weighted by molar-refractivity contribution is 0.0827. The Balaban J connectivity index is 1.62. The van der Waals surface area contributed by atoms with E-state index in [1.807, 2.05) is 36.0 Å². The fourth-order valence-electron chi connectivity index (χ4n) is 2.28. The molecular weight excluding hydrogens is 381 g/mol. The molecule has 0 aliphatic heterocycles. The van der Waals surface area contributed by atoms with Crippen LogP contribution in [-0.2, 0) is 5.75 Å². The maximum absolute atomic E-state index is 12.8. The number of thiocarbonyl (C=S) groups is 1. The molecule has 0 atom stereocenters. The number of thioether (sulfide) groups is 1. The van der Waals surface area contributed by atoms with E-state index in [-0.39, 0.29) is 11.7 Å². The zero-order chi connectivity index (χ0) is 19.6. The molecule has 7 heteroatoms. The Labute approximate surface area is 169 Å². The standard InChI is InChI=1S/C20H24FN3OS2/c1-24(2)19(25)16-6-10-18(11-7-16)23-20(26)22-12-3-13-27-14-15-4-8-17(21)9-5-15/h4-11H,3,12-14H2,1-2H3,(H2,22,23,26). The summed E-state index contributed by atoms with van der Waals surface area (Å²) in [6.07, 6.45) is 0.976. The van der Waals surface area contributed by atoms with E-state index in [0.717, 1.165) is 35.7 Å². The summed E-state index contributed by atoms with van der Waals surface area (Å²) in [5.41, 5.74) is 2.61. The molecule has 0 heterocycles. The van der Waals surface area contributed by atoms with Crippen LogP contribution in [0.25, 0.3) is 0 Å². The van der Waals surface area contributed by atoms with Crippen LogP contribution < -0.4 is 10.6 Å². The second-order valence-corrected chi connectivity index (χ2v) is 7.70. The number of hydrogen-bond acceptors (Lipinski definition) is 3. The SMILES string of the molecule is CN(C)C(=O)c1ccc(NC(=S)NCCCSCc2ccc(F)cc2)cc1. The van der Waals surface area contributed by atoms with Crippen LogP contribution in [0.5, 0.6) is 0 Å². The predicted molar refractivity (Wildman–Crippen MR) is 116 cm³/mol. The quantitative estimate of drug-likeness (QED) is 0.511. The number of anilines is 1. The van der Waals surface area contributed by atoms with Crippen molar-refractivity contribution in [2.45, 2.75) is 12.2 Å². The first-order chi connectivity index (χ1) is 13.0. The molecule has 0 aliphatic rings. The van der Waals surface area contributed by atoms with Crippen molar-refractivity contribution in [3.05, 3.63) is 65.5 Å². The highest BCUT2D eigenvalue weighted by molar-refractivity contribution is 7.98. The Kier molecular flexibility index (Phi) is 8.54. The molecule has 0 bridgehead atoms. The van der Waals surface area contributed by atoms with Gasteiger partial charge < -0.3 is 15.5 Å². The predicted octanol–water partition coefficient (Wildman–Crippen LogP) is 4.14. The van der Waals surface area contributed by atoms with E-state index in [2.05, 4.69) is 10.6 Å². The Bertz CT molecular complexity index is 749. The van der Waals surface area contributed by atoms with Crippen molar-refractivity contribution in [3.63, 3.8) is 0 Å². The second kappa shape index (κ2) is 10.9. The van der Waals surface area contributed by atoms with Gasteiger partial charge in [-0.25, -0.2) is 4.39 Å². The number of hydrogen-bond donors (Lipinski definition) is 2. The zero-order valence-electron chi connectivity index (χ0n) is 15.5. The molecule has 0 unspecified atom stereocenters. The maximum Gasteiger partial charge on any atom is 0.253 e. The average Bonchev–Trinajstić information content (AvgIpc) is 2.66. The number of amides is 1. The van der Waals surface area contributed by atoms with Crippen molar-refractivity contribution in [1.82, 2.24) is 10.2 Å². The first-order valence-electron chi connectivity index (χ1n) is 8.64. The number of rotatable bonds is 8. The van der Waals surface area contributed by atoms with Gasteiger partial charge in [0.1, 0.15) is 5.82 Å². The van der Waals surface area contributed by atoms with Crippen LogP contribution >= 0.6 is 24.0 Å². The number of nitrogens with zero attached hydrogens (tertiary/aromatic N) is 1. The zero-order valence-corrected chi connectivity index (χ0v) is 17.1. The smallest absolute Gasteiger partial charge is 0.253 e. The number of halogens is 1. The molecule has 2 rings (SSSR count). The van der Waals surface area contributed by atoms with Crippen LogP contribution in [0.2, 0.25) is 0 Å². The number of carbonyl (C=O) groups is 1. The highest BCUT2D eigenvalue weighted by Gasteiger charge is 2.07. The van der Waals surface area contributed by atoms with E-state index in [1.165, 1.54) is 12.1 Å². The van der Waals surface area contributed by atoms with Crippen molar-refractivity contribution < 1.29 is 9.18 Å². The number of benzene rings is 2. The molecule has 27 heavy (non-hydrogen) atoms. The minimum Gasteiger partial charge on any atom is -0.362 e. The van der Waals surface area contributed by atoms with Gasteiger partial charge >= 0.3 is 0 Å². The fourth-order valence-corrected chi connectivity index (χ4v) is 3.42. The van der Waals surface area contributed by atoms with Gasteiger partial charge in [-0.3, -0.25) is 4.79 Å². The van der Waals surface area contributed by atoms with Crippen molar-refractivity contribution in [2.24, 2.45) is 0 Å². The third kappa shape index (κ3) is 7.56. The van der Waals surface area contributed by atoms with Crippen molar-refractivity contribution in [3.8, 4) is 0 Å². The molecule has 1 amide bonds. The molecule has 0 spiro atoms. The van der Waals surface area contributed by atoms with Gasteiger partial charge in [-0.05, 0) is 66.4 Å². The van der Waals surface area contributed by atoms with E-state index in [0.29, 0.717) is 10.7 Å². The van der Waals surface area contributed by atoms with Crippen molar-refractivity contribution in [2.75, 3.05) is 31.7 Å². The van der Waals surface area contributed by atoms with Crippen LogP contribution in [0, 0.1) is 5.82 Å². The van der Waals surface area contributed by atoms with Gasteiger partial charge in [0.2, 0.25) is 0 Å². The Morgan fingerprint density at radius 3 is 2.41 bits per heavy atom. The first-order valence-corrected chi connectivity index (χ1v) is 10.2. The molecule has 0 fully saturated rings. The summed E-state index contributed by atoms with van der Waals surface area (Å²) >= 11 is 7.10. The Morgan fingerprint density at radius 2 is 1.78 bits per heavy atom. The number of nitrogens with one attached hydrogen (secondary N) is 2. The van der Waals surface area contributed by atoms with E-state index in [1.54, 1.807) is 31.1 Å². The van der Waals surface area contributed by atoms with Crippen LogP contribution in [-0.4, -0.2) is 42.3 Å². The molecule has 2 N–H and O–H groups in total. The summed E-state index contributed by atoms with van der Waals surface area (Å²) < 4.78 is 12.8. The summed E-state index contributed by atoms with van der Waals surface area (Å²) in [5, 5.41) is 6.85. The fraction of sp³-hybridized carbons (Fsp3) is 0.300. The normalized spacial score (nSPS) is 10.3. The van der Waals surface area contributed by atoms with E-state index in [4.69, 9.17) is 12.2 Å². The van der Waals surface area contributed by atoms with Crippen LogP contribution in [0.1, 0.15) is 22.3 Å². The lowest BCUT2D eigenvalue weighted by atomic mass is 10.2. The largest absolute Gasteiger partial charge is 0.362 e. The lowest BCUT2D eigenvalue weighted by Gasteiger charge is -2.12. The minimum absolute atomic E-state index is 0.0274. The van der Waals surface area contributed by atoms with Gasteiger partial charge in [0, 0.05) is 37.6 Å². The van der Waals surface area contributed by atoms with Gasteiger partial charge in [-0.1, -0.05) is 12.1 Å². The molecule has 0 saturated heterocycles. The lowest BCUT2D eigenvalue weighted by Crippen LogP contribution is -2.29. The van der Waals surface area contributed by atoms with Gasteiger partial charge in [-0.15, -0.1) is 0 Å². The van der Waals surface area contributed by atoms with Gasteiger partial charge in [-0.2, -0.15) is 11.8 Å². The second-order valence-electron chi connectivity index (χ2n) is 6.19. The molecule has 4 nitrogen and oxygen atoms in total. The van der Waals surface area contributed by atoms with E-state index < -0.39 is 0 Å². The number of carbonyl (C=O) groups excluding carboxylic acids is 1. The third-order valence-electron chi connectivity index (χ3n) is 3.73. The van der Waals surface area contributed by atoms with Gasteiger partial charge in [0.05, 0.1) is 0 Å². The highest BCUT2D eigenvalue weighted by Crippen LogP contribution is 2.13. The monoisotopic (exact) mass is 405 g/mol. The summed E-state index contributed by atoms with van der Waals surface area (Å²) in [6.45, 7) is 0.777. The molecule has 0 aliphatic carbocycles. The molecule has 2 aromatic rings. The van der Waals surface area contributed by atoms with Crippen LogP contribution in [0.3, 0.4) is 0 Å². The molecule has 2 aromatic carbocycles. The summed E-state index contributed by atoms with van der Waals surface area (Å²) in [7, 11) is 3.46. The molecule has 144 valence electrons. The van der Waals surface area contributed by atoms with Crippen molar-refractivity contribution >= 4 is 40.7 Å². The summed E-state index contributed by atoms with van der Waals surface area (Å²) in [4.78, 5) is 13.4. The third-order valence-corrected chi connectivity index (χ3v) is 5.09. The minimum atomic E-state index is -0.201. The molecule has 0 radical (unpaired) electrons.